The average Bonchev–Trinajstić information content (AvgIpc) is 2.30. The smallest absolute Gasteiger partial charge is 0.262 e. The molecule has 2 N–H and O–H groups in total. The molecule has 1 unspecified atom stereocenters. The van der Waals surface area contributed by atoms with Crippen LogP contribution in [0.25, 0.3) is 0 Å². The molecule has 0 bridgehead atoms. The lowest BCUT2D eigenvalue weighted by Gasteiger charge is -2.32. The van der Waals surface area contributed by atoms with Crippen molar-refractivity contribution in [2.24, 2.45) is 10.8 Å². The Bertz CT molecular complexity index is 372. The number of fused-ring (bicyclic) bond motifs is 1. The van der Waals surface area contributed by atoms with E-state index in [1.54, 1.807) is 0 Å². The highest BCUT2D eigenvalue weighted by Crippen LogP contribution is 2.11. The highest BCUT2D eigenvalue weighted by atomic mass is 16.2. The topological polar surface area (TPSA) is 61.9 Å². The second-order valence-corrected chi connectivity index (χ2v) is 3.93. The summed E-state index contributed by atoms with van der Waals surface area (Å²) in [6.07, 6.45) is 8.38. The van der Waals surface area contributed by atoms with Gasteiger partial charge in [-0.25, -0.2) is 5.01 Å². The van der Waals surface area contributed by atoms with Crippen molar-refractivity contribution in [1.29, 1.82) is 0 Å². The predicted octanol–water partition coefficient (Wildman–Crippen LogP) is 0.265. The van der Waals surface area contributed by atoms with Gasteiger partial charge in [0, 0.05) is 12.2 Å². The van der Waals surface area contributed by atoms with Crippen molar-refractivity contribution in [3.8, 4) is 0 Å². The zero-order chi connectivity index (χ0) is 11.5. The van der Waals surface area contributed by atoms with Gasteiger partial charge in [-0.3, -0.25) is 4.79 Å². The van der Waals surface area contributed by atoms with Crippen LogP contribution in [0.4, 0.5) is 0 Å². The van der Waals surface area contributed by atoms with Crippen molar-refractivity contribution in [1.82, 2.24) is 9.91 Å². The maximum Gasteiger partial charge on any atom is 0.262 e. The molecule has 16 heavy (non-hydrogen) atoms. The number of nitrogens with zero attached hydrogens (tertiary/aromatic N) is 3. The molecule has 86 valence electrons. The van der Waals surface area contributed by atoms with Gasteiger partial charge in [0.1, 0.15) is 6.54 Å². The summed E-state index contributed by atoms with van der Waals surface area (Å²) >= 11 is 0. The molecule has 2 aliphatic rings. The van der Waals surface area contributed by atoms with Crippen LogP contribution in [0.1, 0.15) is 13.3 Å². The van der Waals surface area contributed by atoms with Gasteiger partial charge < -0.3 is 10.6 Å². The summed E-state index contributed by atoms with van der Waals surface area (Å²) in [5.41, 5.74) is 5.83. The molecule has 0 fully saturated rings. The minimum absolute atomic E-state index is 0.00685. The molecule has 0 aromatic rings. The minimum Gasteiger partial charge on any atom is -0.326 e. The molecule has 1 atom stereocenters. The number of hydrazone groups is 1. The third-order valence-electron chi connectivity index (χ3n) is 2.67. The SMILES string of the molecule is CCC(N)CN1N=C2C=CC=CN2CC1=O. The van der Waals surface area contributed by atoms with Gasteiger partial charge in [0.25, 0.3) is 5.91 Å². The van der Waals surface area contributed by atoms with Gasteiger partial charge in [-0.15, -0.1) is 0 Å². The minimum atomic E-state index is -0.0111. The lowest BCUT2D eigenvalue weighted by atomic mass is 10.2. The van der Waals surface area contributed by atoms with E-state index >= 15 is 0 Å². The number of hydrogen-bond donors (Lipinski definition) is 1. The molecule has 0 aliphatic carbocycles. The summed E-state index contributed by atoms with van der Waals surface area (Å²) < 4.78 is 0. The Hall–Kier alpha value is -1.62. The second kappa shape index (κ2) is 4.49. The molecule has 1 amide bonds. The van der Waals surface area contributed by atoms with Crippen molar-refractivity contribution in [2.45, 2.75) is 19.4 Å². The van der Waals surface area contributed by atoms with Crippen molar-refractivity contribution >= 4 is 11.7 Å². The van der Waals surface area contributed by atoms with Gasteiger partial charge in [-0.1, -0.05) is 13.0 Å². The first-order chi connectivity index (χ1) is 7.70. The summed E-state index contributed by atoms with van der Waals surface area (Å²) in [6, 6.07) is -0.0111. The van der Waals surface area contributed by atoms with Gasteiger partial charge in [0.15, 0.2) is 5.84 Å². The van der Waals surface area contributed by atoms with Crippen LogP contribution in [-0.4, -0.2) is 40.8 Å². The van der Waals surface area contributed by atoms with Gasteiger partial charge in [0.2, 0.25) is 0 Å². The number of amidine groups is 1. The van der Waals surface area contributed by atoms with E-state index in [0.717, 1.165) is 12.3 Å². The Labute approximate surface area is 94.9 Å². The number of hydrogen-bond acceptors (Lipinski definition) is 4. The summed E-state index contributed by atoms with van der Waals surface area (Å²) in [5, 5.41) is 5.76. The summed E-state index contributed by atoms with van der Waals surface area (Å²) in [7, 11) is 0. The first kappa shape index (κ1) is 10.9. The molecular weight excluding hydrogens is 204 g/mol. The molecule has 5 nitrogen and oxygen atoms in total. The fourth-order valence-electron chi connectivity index (χ4n) is 1.59. The lowest BCUT2D eigenvalue weighted by Crippen LogP contribution is -2.48. The van der Waals surface area contributed by atoms with Crippen LogP contribution in [0.5, 0.6) is 0 Å². The Morgan fingerprint density at radius 3 is 3.12 bits per heavy atom. The van der Waals surface area contributed by atoms with Crippen LogP contribution < -0.4 is 5.73 Å². The van der Waals surface area contributed by atoms with E-state index in [4.69, 9.17) is 5.73 Å². The maximum atomic E-state index is 11.8. The summed E-state index contributed by atoms with van der Waals surface area (Å²) in [4.78, 5) is 13.6. The van der Waals surface area contributed by atoms with Crippen LogP contribution in [0.15, 0.2) is 29.5 Å². The first-order valence-corrected chi connectivity index (χ1v) is 5.46. The third-order valence-corrected chi connectivity index (χ3v) is 2.67. The fraction of sp³-hybridized carbons (Fsp3) is 0.455. The fourth-order valence-corrected chi connectivity index (χ4v) is 1.59. The predicted molar refractivity (Wildman–Crippen MR) is 62.4 cm³/mol. The highest BCUT2D eigenvalue weighted by Gasteiger charge is 2.25. The molecule has 0 radical (unpaired) electrons. The standard InChI is InChI=1S/C11H16N4O/c1-2-9(12)7-15-11(16)8-14-6-4-3-5-10(14)13-15/h3-6,9H,2,7-8,12H2,1H3. The number of amides is 1. The quantitative estimate of drug-likeness (QED) is 0.742. The lowest BCUT2D eigenvalue weighted by molar-refractivity contribution is -0.132. The number of allylic oxidation sites excluding steroid dienone is 2. The van der Waals surface area contributed by atoms with Gasteiger partial charge in [-0.05, 0) is 18.6 Å². The molecule has 0 saturated heterocycles. The average molecular weight is 220 g/mol. The molecule has 5 heteroatoms. The Morgan fingerprint density at radius 2 is 2.38 bits per heavy atom. The van der Waals surface area contributed by atoms with E-state index in [1.807, 2.05) is 36.3 Å². The first-order valence-electron chi connectivity index (χ1n) is 5.46. The van der Waals surface area contributed by atoms with Crippen molar-refractivity contribution in [2.75, 3.05) is 13.1 Å². The molecule has 2 rings (SSSR count). The molecule has 2 heterocycles. The van der Waals surface area contributed by atoms with E-state index in [2.05, 4.69) is 5.10 Å². The van der Waals surface area contributed by atoms with Crippen LogP contribution in [0.3, 0.4) is 0 Å². The second-order valence-electron chi connectivity index (χ2n) is 3.93. The zero-order valence-corrected chi connectivity index (χ0v) is 9.34. The van der Waals surface area contributed by atoms with E-state index in [1.165, 1.54) is 5.01 Å². The Kier molecular flexibility index (Phi) is 3.05. The third kappa shape index (κ3) is 2.14. The molecule has 0 spiro atoms. The summed E-state index contributed by atoms with van der Waals surface area (Å²) in [5.74, 6) is 0.790. The zero-order valence-electron chi connectivity index (χ0n) is 9.34. The van der Waals surface area contributed by atoms with Crippen molar-refractivity contribution in [3.05, 3.63) is 24.4 Å². The van der Waals surface area contributed by atoms with Crippen LogP contribution in [0.2, 0.25) is 0 Å². The van der Waals surface area contributed by atoms with Crippen LogP contribution >= 0.6 is 0 Å². The number of rotatable bonds is 3. The van der Waals surface area contributed by atoms with E-state index < -0.39 is 0 Å². The Morgan fingerprint density at radius 1 is 1.56 bits per heavy atom. The highest BCUT2D eigenvalue weighted by molar-refractivity contribution is 6.00. The Balaban J connectivity index is 2.12. The number of carbonyl (C=O) groups excluding carboxylic acids is 1. The monoisotopic (exact) mass is 220 g/mol. The van der Waals surface area contributed by atoms with Crippen molar-refractivity contribution < 1.29 is 4.79 Å². The van der Waals surface area contributed by atoms with Crippen LogP contribution in [-0.2, 0) is 4.79 Å². The van der Waals surface area contributed by atoms with Crippen molar-refractivity contribution in [3.63, 3.8) is 0 Å². The van der Waals surface area contributed by atoms with Gasteiger partial charge >= 0.3 is 0 Å². The normalized spacial score (nSPS) is 20.9. The number of nitrogens with two attached hydrogens (primary N) is 1. The van der Waals surface area contributed by atoms with Gasteiger partial charge in [0.05, 0.1) is 6.54 Å². The maximum absolute atomic E-state index is 11.8. The molecule has 0 aromatic heterocycles. The molecule has 0 aromatic carbocycles. The van der Waals surface area contributed by atoms with E-state index in [0.29, 0.717) is 13.1 Å². The van der Waals surface area contributed by atoms with Crippen LogP contribution in [0, 0.1) is 0 Å². The number of carbonyl (C=O) groups is 1. The molecular formula is C11H16N4O. The van der Waals surface area contributed by atoms with E-state index in [9.17, 15) is 4.79 Å². The molecule has 2 aliphatic heterocycles. The largest absolute Gasteiger partial charge is 0.326 e. The van der Waals surface area contributed by atoms with E-state index in [-0.39, 0.29) is 11.9 Å². The summed E-state index contributed by atoms with van der Waals surface area (Å²) in [6.45, 7) is 2.84. The van der Waals surface area contributed by atoms with Gasteiger partial charge in [-0.2, -0.15) is 5.10 Å². The molecule has 0 saturated carbocycles.